The number of benzene rings is 2. The molecule has 1 amide bonds. The third kappa shape index (κ3) is 8.58. The zero-order valence-electron chi connectivity index (χ0n) is 24.7. The van der Waals surface area contributed by atoms with E-state index >= 15 is 0 Å². The minimum Gasteiger partial charge on any atom is -0.508 e. The van der Waals surface area contributed by atoms with Gasteiger partial charge in [-0.3, -0.25) is 19.3 Å². The second kappa shape index (κ2) is 15.0. The van der Waals surface area contributed by atoms with Crippen LogP contribution in [-0.2, 0) is 27.2 Å². The molecule has 1 saturated heterocycles. The predicted molar refractivity (Wildman–Crippen MR) is 168 cm³/mol. The predicted octanol–water partition coefficient (Wildman–Crippen LogP) is 1.81. The number of ketones is 2. The second-order valence-electron chi connectivity index (χ2n) is 11.4. The maximum absolute atomic E-state index is 13.7. The van der Waals surface area contributed by atoms with Gasteiger partial charge in [0.2, 0.25) is 5.91 Å². The topological polar surface area (TPSA) is 151 Å². The summed E-state index contributed by atoms with van der Waals surface area (Å²) in [6, 6.07) is 13.6. The monoisotopic (exact) mass is 585 g/mol. The molecular formula is C34H43N5O4. The third-order valence-corrected chi connectivity index (χ3v) is 8.14. The summed E-state index contributed by atoms with van der Waals surface area (Å²) < 4.78 is 0. The van der Waals surface area contributed by atoms with Gasteiger partial charge in [0.05, 0.1) is 29.6 Å². The van der Waals surface area contributed by atoms with Gasteiger partial charge in [-0.15, -0.1) is 0 Å². The smallest absolute Gasteiger partial charge is 0.237 e. The number of piperazine rings is 1. The Morgan fingerprint density at radius 3 is 2.44 bits per heavy atom. The summed E-state index contributed by atoms with van der Waals surface area (Å²) in [6.07, 6.45) is 12.9. The molecule has 9 heteroatoms. The molecule has 7 N–H and O–H groups in total. The van der Waals surface area contributed by atoms with Gasteiger partial charge in [-0.2, -0.15) is 0 Å². The van der Waals surface area contributed by atoms with E-state index in [1.165, 1.54) is 0 Å². The number of carbonyl (C=O) groups is 3. The first kappa shape index (κ1) is 32.0. The minimum absolute atomic E-state index is 0.0406. The Bertz CT molecular complexity index is 1340. The number of nitrogens with one attached hydrogen (secondary N) is 2. The van der Waals surface area contributed by atoms with Crippen LogP contribution in [0.1, 0.15) is 24.5 Å². The molecule has 228 valence electrons. The normalized spacial score (nSPS) is 22.6. The molecule has 0 bridgehead atoms. The van der Waals surface area contributed by atoms with Gasteiger partial charge in [-0.05, 0) is 49.4 Å². The zero-order valence-corrected chi connectivity index (χ0v) is 24.7. The molecule has 5 atom stereocenters. The van der Waals surface area contributed by atoms with Gasteiger partial charge in [0.25, 0.3) is 0 Å². The first-order chi connectivity index (χ1) is 20.7. The van der Waals surface area contributed by atoms with Crippen molar-refractivity contribution in [1.82, 2.24) is 15.5 Å². The molecule has 1 heterocycles. The van der Waals surface area contributed by atoms with E-state index in [1.54, 1.807) is 31.2 Å². The molecule has 43 heavy (non-hydrogen) atoms. The Kier molecular flexibility index (Phi) is 11.2. The van der Waals surface area contributed by atoms with Crippen LogP contribution >= 0.6 is 0 Å². The van der Waals surface area contributed by atoms with Crippen molar-refractivity contribution in [2.75, 3.05) is 26.2 Å². The van der Waals surface area contributed by atoms with Crippen LogP contribution in [0.5, 0.6) is 5.75 Å². The highest BCUT2D eigenvalue weighted by Gasteiger charge is 2.37. The summed E-state index contributed by atoms with van der Waals surface area (Å²) in [5, 5.41) is 15.5. The Morgan fingerprint density at radius 2 is 1.74 bits per heavy atom. The number of rotatable bonds is 13. The molecule has 1 aliphatic heterocycles. The van der Waals surface area contributed by atoms with Crippen molar-refractivity contribution in [2.45, 2.75) is 50.4 Å². The molecule has 2 aliphatic rings. The van der Waals surface area contributed by atoms with Gasteiger partial charge in [0, 0.05) is 26.2 Å². The number of carbonyl (C=O) groups excluding carboxylic acids is 3. The lowest BCUT2D eigenvalue weighted by Gasteiger charge is -2.36. The van der Waals surface area contributed by atoms with Crippen molar-refractivity contribution in [2.24, 2.45) is 16.9 Å². The lowest BCUT2D eigenvalue weighted by Crippen LogP contribution is -2.59. The van der Waals surface area contributed by atoms with Crippen LogP contribution in [0.2, 0.25) is 0 Å². The third-order valence-electron chi connectivity index (χ3n) is 8.14. The van der Waals surface area contributed by atoms with Crippen LogP contribution in [0.25, 0.3) is 0 Å². The molecule has 0 saturated carbocycles. The van der Waals surface area contributed by atoms with Crippen molar-refractivity contribution in [1.29, 1.82) is 0 Å². The molecule has 1 fully saturated rings. The number of amides is 1. The molecule has 2 aromatic carbocycles. The van der Waals surface area contributed by atoms with Crippen LogP contribution in [0.4, 0.5) is 0 Å². The Labute approximate surface area is 253 Å². The number of hydrogen-bond acceptors (Lipinski definition) is 8. The van der Waals surface area contributed by atoms with E-state index in [4.69, 9.17) is 11.5 Å². The summed E-state index contributed by atoms with van der Waals surface area (Å²) in [7, 11) is 0. The van der Waals surface area contributed by atoms with Gasteiger partial charge >= 0.3 is 0 Å². The van der Waals surface area contributed by atoms with E-state index in [0.717, 1.165) is 17.7 Å². The van der Waals surface area contributed by atoms with Crippen LogP contribution in [0.3, 0.4) is 0 Å². The SMILES string of the molecule is C[C@@H](NC(=O)[C@@H](N)Cc1ccc(O)cc1)C(=O)C1CNCCN1CC=CC1(C(=O)[C@@H](N)Cc2ccccc2)C=CC=CC1. The van der Waals surface area contributed by atoms with E-state index in [1.807, 2.05) is 66.8 Å². The van der Waals surface area contributed by atoms with Gasteiger partial charge in [-0.25, -0.2) is 0 Å². The van der Waals surface area contributed by atoms with E-state index in [2.05, 4.69) is 15.5 Å². The number of nitrogens with two attached hydrogens (primary N) is 2. The summed E-state index contributed by atoms with van der Waals surface area (Å²) in [5.41, 5.74) is 13.5. The standard InChI is InChI=1S/C34H43N5O4/c1-24(38-33(43)29(36)22-26-11-13-27(40)14-12-26)31(41)30-23-37-18-20-39(30)19-8-17-34(15-6-3-7-16-34)32(42)28(35)21-25-9-4-2-5-10-25/h2-15,17,24,28-30,37,40H,16,18-23,35-36H2,1H3,(H,38,43)/t24-,28+,29+,30?,34?/m1/s1. The molecule has 0 aromatic heterocycles. The van der Waals surface area contributed by atoms with Crippen LogP contribution in [-0.4, -0.2) is 77.8 Å². The first-order valence-electron chi connectivity index (χ1n) is 14.9. The fraction of sp³-hybridized carbons (Fsp3) is 0.382. The summed E-state index contributed by atoms with van der Waals surface area (Å²) in [5.74, 6) is -0.418. The number of hydrogen-bond donors (Lipinski definition) is 5. The van der Waals surface area contributed by atoms with Gasteiger partial charge < -0.3 is 27.2 Å². The van der Waals surface area contributed by atoms with Gasteiger partial charge in [-0.1, -0.05) is 78.9 Å². The summed E-state index contributed by atoms with van der Waals surface area (Å²) >= 11 is 0. The fourth-order valence-electron chi connectivity index (χ4n) is 5.63. The average Bonchev–Trinajstić information content (AvgIpc) is 3.02. The number of allylic oxidation sites excluding steroid dienone is 5. The highest BCUT2D eigenvalue weighted by Crippen LogP contribution is 2.32. The second-order valence-corrected chi connectivity index (χ2v) is 11.4. The number of phenols is 1. The van der Waals surface area contributed by atoms with Crippen LogP contribution in [0, 0.1) is 5.41 Å². The maximum Gasteiger partial charge on any atom is 0.237 e. The Hall–Kier alpha value is -3.89. The minimum atomic E-state index is -0.842. The molecule has 2 aromatic rings. The average molecular weight is 586 g/mol. The molecule has 9 nitrogen and oxygen atoms in total. The summed E-state index contributed by atoms with van der Waals surface area (Å²) in [4.78, 5) is 42.0. The molecule has 4 rings (SSSR count). The van der Waals surface area contributed by atoms with Gasteiger partial charge in [0.1, 0.15) is 5.75 Å². The Balaban J connectivity index is 1.37. The quantitative estimate of drug-likeness (QED) is 0.223. The lowest BCUT2D eigenvalue weighted by molar-refractivity contribution is -0.131. The number of nitrogens with zero attached hydrogens (tertiary/aromatic N) is 1. The van der Waals surface area contributed by atoms with Crippen molar-refractivity contribution in [3.63, 3.8) is 0 Å². The summed E-state index contributed by atoms with van der Waals surface area (Å²) in [6.45, 7) is 3.98. The highest BCUT2D eigenvalue weighted by atomic mass is 16.3. The van der Waals surface area contributed by atoms with Crippen molar-refractivity contribution in [3.8, 4) is 5.75 Å². The zero-order chi connectivity index (χ0) is 30.8. The molecule has 1 aliphatic carbocycles. The van der Waals surface area contributed by atoms with E-state index in [-0.39, 0.29) is 23.7 Å². The largest absolute Gasteiger partial charge is 0.508 e. The maximum atomic E-state index is 13.7. The van der Waals surface area contributed by atoms with Crippen molar-refractivity contribution >= 4 is 17.5 Å². The van der Waals surface area contributed by atoms with Crippen molar-refractivity contribution in [3.05, 3.63) is 102 Å². The highest BCUT2D eigenvalue weighted by molar-refractivity contribution is 5.94. The molecular weight excluding hydrogens is 542 g/mol. The molecule has 2 unspecified atom stereocenters. The van der Waals surface area contributed by atoms with Gasteiger partial charge in [0.15, 0.2) is 11.6 Å². The van der Waals surface area contributed by atoms with E-state index in [9.17, 15) is 19.5 Å². The lowest BCUT2D eigenvalue weighted by atomic mass is 9.74. The number of aromatic hydroxyl groups is 1. The van der Waals surface area contributed by atoms with Crippen molar-refractivity contribution < 1.29 is 19.5 Å². The first-order valence-corrected chi connectivity index (χ1v) is 14.9. The van der Waals surface area contributed by atoms with E-state index < -0.39 is 35.5 Å². The van der Waals surface area contributed by atoms with E-state index in [0.29, 0.717) is 32.5 Å². The number of phenolic OH excluding ortho intramolecular Hbond substituents is 1. The number of Topliss-reactive ketones (excluding diaryl/α,β-unsaturated/α-hetero) is 2. The Morgan fingerprint density at radius 1 is 1.05 bits per heavy atom. The fourth-order valence-corrected chi connectivity index (χ4v) is 5.63. The van der Waals surface area contributed by atoms with Crippen LogP contribution in [0.15, 0.2) is 91.1 Å². The molecule has 0 radical (unpaired) electrons. The molecule has 0 spiro atoms. The van der Waals surface area contributed by atoms with Crippen LogP contribution < -0.4 is 22.1 Å².